The molecule has 1 rings (SSSR count). The van der Waals surface area contributed by atoms with E-state index in [1.54, 1.807) is 6.07 Å². The Morgan fingerprint density at radius 3 is 2.32 bits per heavy atom. The third-order valence-corrected chi connectivity index (χ3v) is 5.04. The maximum Gasteiger partial charge on any atom is 0.244 e. The van der Waals surface area contributed by atoms with Gasteiger partial charge in [-0.15, -0.1) is 11.8 Å². The van der Waals surface area contributed by atoms with Gasteiger partial charge in [-0.3, -0.25) is 9.59 Å². The first-order valence-electron chi connectivity index (χ1n) is 7.57. The zero-order valence-electron chi connectivity index (χ0n) is 14.1. The van der Waals surface area contributed by atoms with E-state index < -0.39 is 43.2 Å². The normalized spacial score (nSPS) is 12.6. The molecule has 2 amide bonds. The molecule has 0 aromatic heterocycles. The summed E-state index contributed by atoms with van der Waals surface area (Å²) in [4.78, 5) is 24.6. The fourth-order valence-electron chi connectivity index (χ4n) is 1.89. The van der Waals surface area contributed by atoms with E-state index in [9.17, 15) is 24.9 Å². The molecular weight excluding hydrogens is 368 g/mol. The summed E-state index contributed by atoms with van der Waals surface area (Å²) < 4.78 is 0. The smallest absolute Gasteiger partial charge is 0.244 e. The topological polar surface area (TPSA) is 119 Å². The molecule has 1 aromatic rings. The van der Waals surface area contributed by atoms with Crippen molar-refractivity contribution in [2.24, 2.45) is 0 Å². The van der Waals surface area contributed by atoms with E-state index in [2.05, 4.69) is 10.6 Å². The van der Waals surface area contributed by atoms with Gasteiger partial charge in [0.2, 0.25) is 11.8 Å². The molecule has 25 heavy (non-hydrogen) atoms. The van der Waals surface area contributed by atoms with Gasteiger partial charge in [-0.25, -0.2) is 0 Å². The summed E-state index contributed by atoms with van der Waals surface area (Å²) >= 11 is 7.40. The van der Waals surface area contributed by atoms with Crippen LogP contribution in [0.1, 0.15) is 12.5 Å². The summed E-state index contributed by atoms with van der Waals surface area (Å²) in [6, 6.07) is 4.57. The van der Waals surface area contributed by atoms with Gasteiger partial charge in [0.1, 0.15) is 11.6 Å². The van der Waals surface area contributed by atoms with Gasteiger partial charge in [-0.05, 0) is 24.6 Å². The van der Waals surface area contributed by atoms with Gasteiger partial charge in [-0.2, -0.15) is 0 Å². The lowest BCUT2D eigenvalue weighted by Gasteiger charge is -2.30. The van der Waals surface area contributed by atoms with Crippen molar-refractivity contribution in [2.45, 2.75) is 30.3 Å². The van der Waals surface area contributed by atoms with Gasteiger partial charge in [0.25, 0.3) is 0 Å². The molecule has 7 nitrogen and oxygen atoms in total. The zero-order chi connectivity index (χ0) is 19.0. The molecule has 0 aliphatic heterocycles. The first kappa shape index (κ1) is 21.7. The SMILES string of the molecule is CC(=O)NC(CSc1ccc(C)c(Cl)c1)C(=O)NC(CO)(CO)CO. The Labute approximate surface area is 155 Å². The van der Waals surface area contributed by atoms with Gasteiger partial charge in [0, 0.05) is 22.6 Å². The van der Waals surface area contributed by atoms with Crippen LogP contribution in [0, 0.1) is 6.92 Å². The van der Waals surface area contributed by atoms with Gasteiger partial charge in [-0.1, -0.05) is 17.7 Å². The van der Waals surface area contributed by atoms with E-state index in [1.165, 1.54) is 18.7 Å². The Kier molecular flexibility index (Phi) is 8.67. The average molecular weight is 391 g/mol. The molecule has 9 heteroatoms. The monoisotopic (exact) mass is 390 g/mol. The van der Waals surface area contributed by atoms with Crippen LogP contribution in [0.2, 0.25) is 5.02 Å². The standard InChI is InChI=1S/C16H23ClN2O5S/c1-10-3-4-12(5-13(10)17)25-6-14(18-11(2)23)15(24)19-16(7-20,8-21)9-22/h3-5,14,20-22H,6-9H2,1-2H3,(H,18,23)(H,19,24). The summed E-state index contributed by atoms with van der Waals surface area (Å²) in [7, 11) is 0. The van der Waals surface area contributed by atoms with E-state index in [4.69, 9.17) is 11.6 Å². The van der Waals surface area contributed by atoms with E-state index >= 15 is 0 Å². The maximum atomic E-state index is 12.4. The molecule has 0 fully saturated rings. The third kappa shape index (κ3) is 6.48. The molecule has 0 aliphatic rings. The van der Waals surface area contributed by atoms with Gasteiger partial charge < -0.3 is 26.0 Å². The van der Waals surface area contributed by atoms with Crippen molar-refractivity contribution >= 4 is 35.2 Å². The largest absolute Gasteiger partial charge is 0.394 e. The van der Waals surface area contributed by atoms with E-state index in [-0.39, 0.29) is 5.75 Å². The number of halogens is 1. The summed E-state index contributed by atoms with van der Waals surface area (Å²) in [6.45, 7) is 1.24. The number of aryl methyl sites for hydroxylation is 1. The number of aliphatic hydroxyl groups excluding tert-OH is 3. The van der Waals surface area contributed by atoms with Crippen molar-refractivity contribution in [3.8, 4) is 0 Å². The van der Waals surface area contributed by atoms with Gasteiger partial charge in [0.05, 0.1) is 19.8 Å². The highest BCUT2D eigenvalue weighted by molar-refractivity contribution is 7.99. The van der Waals surface area contributed by atoms with Crippen LogP contribution < -0.4 is 10.6 Å². The minimum Gasteiger partial charge on any atom is -0.394 e. The van der Waals surface area contributed by atoms with Crippen LogP contribution in [0.5, 0.6) is 0 Å². The summed E-state index contributed by atoms with van der Waals surface area (Å²) in [5.74, 6) is -0.799. The Morgan fingerprint density at radius 1 is 1.24 bits per heavy atom. The number of benzene rings is 1. The van der Waals surface area contributed by atoms with E-state index in [0.717, 1.165) is 10.5 Å². The van der Waals surface area contributed by atoms with Crippen LogP contribution in [0.25, 0.3) is 0 Å². The molecule has 0 saturated heterocycles. The van der Waals surface area contributed by atoms with E-state index in [0.29, 0.717) is 5.02 Å². The number of aliphatic hydroxyl groups is 3. The highest BCUT2D eigenvalue weighted by Crippen LogP contribution is 2.25. The molecule has 0 saturated carbocycles. The highest BCUT2D eigenvalue weighted by atomic mass is 35.5. The van der Waals surface area contributed by atoms with Crippen molar-refractivity contribution in [3.05, 3.63) is 28.8 Å². The average Bonchev–Trinajstić information content (AvgIpc) is 2.59. The van der Waals surface area contributed by atoms with Crippen molar-refractivity contribution in [1.82, 2.24) is 10.6 Å². The van der Waals surface area contributed by atoms with Crippen LogP contribution in [0.3, 0.4) is 0 Å². The quantitative estimate of drug-likeness (QED) is 0.381. The van der Waals surface area contributed by atoms with Crippen molar-refractivity contribution in [2.75, 3.05) is 25.6 Å². The molecular formula is C16H23ClN2O5S. The number of carbonyl (C=O) groups is 2. The van der Waals surface area contributed by atoms with E-state index in [1.807, 2.05) is 19.1 Å². The van der Waals surface area contributed by atoms with Crippen molar-refractivity contribution in [3.63, 3.8) is 0 Å². The molecule has 0 aliphatic carbocycles. The Bertz CT molecular complexity index is 602. The van der Waals surface area contributed by atoms with Gasteiger partial charge >= 0.3 is 0 Å². The Morgan fingerprint density at radius 2 is 1.84 bits per heavy atom. The molecule has 1 atom stereocenters. The zero-order valence-corrected chi connectivity index (χ0v) is 15.7. The third-order valence-electron chi connectivity index (χ3n) is 3.55. The Hall–Kier alpha value is -1.32. The second-order valence-electron chi connectivity index (χ2n) is 5.72. The maximum absolute atomic E-state index is 12.4. The molecule has 0 spiro atoms. The number of hydrogen-bond donors (Lipinski definition) is 5. The fourth-order valence-corrected chi connectivity index (χ4v) is 3.09. The van der Waals surface area contributed by atoms with Crippen LogP contribution in [0.15, 0.2) is 23.1 Å². The number of nitrogens with one attached hydrogen (secondary N) is 2. The second-order valence-corrected chi connectivity index (χ2v) is 7.22. The number of amides is 2. The lowest BCUT2D eigenvalue weighted by Crippen LogP contribution is -2.61. The first-order chi connectivity index (χ1) is 11.8. The molecule has 0 radical (unpaired) electrons. The van der Waals surface area contributed by atoms with Gasteiger partial charge in [0.15, 0.2) is 0 Å². The molecule has 0 heterocycles. The van der Waals surface area contributed by atoms with Crippen LogP contribution >= 0.6 is 23.4 Å². The molecule has 5 N–H and O–H groups in total. The summed E-state index contributed by atoms with van der Waals surface area (Å²) in [5, 5.41) is 33.5. The van der Waals surface area contributed by atoms with Crippen molar-refractivity contribution in [1.29, 1.82) is 0 Å². The van der Waals surface area contributed by atoms with Crippen molar-refractivity contribution < 1.29 is 24.9 Å². The molecule has 0 bridgehead atoms. The van der Waals surface area contributed by atoms with Crippen LogP contribution in [-0.2, 0) is 9.59 Å². The number of hydrogen-bond acceptors (Lipinski definition) is 6. The molecule has 140 valence electrons. The lowest BCUT2D eigenvalue weighted by molar-refractivity contribution is -0.130. The number of rotatable bonds is 9. The molecule has 1 aromatic carbocycles. The summed E-state index contributed by atoms with van der Waals surface area (Å²) in [5.41, 5.74) is -0.619. The Balaban J connectivity index is 2.83. The van der Waals surface area contributed by atoms with Crippen LogP contribution in [0.4, 0.5) is 0 Å². The summed E-state index contributed by atoms with van der Waals surface area (Å²) in [6.07, 6.45) is 0. The second kappa shape index (κ2) is 9.98. The minimum atomic E-state index is -1.55. The lowest BCUT2D eigenvalue weighted by atomic mass is 10.0. The predicted molar refractivity (Wildman–Crippen MR) is 96.6 cm³/mol. The fraction of sp³-hybridized carbons (Fsp3) is 0.500. The highest BCUT2D eigenvalue weighted by Gasteiger charge is 2.33. The number of thioether (sulfide) groups is 1. The molecule has 1 unspecified atom stereocenters. The number of carbonyl (C=O) groups excluding carboxylic acids is 2. The minimum absolute atomic E-state index is 0.211. The first-order valence-corrected chi connectivity index (χ1v) is 8.94. The van der Waals surface area contributed by atoms with Crippen LogP contribution in [-0.4, -0.2) is 64.3 Å². The predicted octanol–water partition coefficient (Wildman–Crippen LogP) is 0.0771.